The Labute approximate surface area is 43.0 Å². The minimum absolute atomic E-state index is 0.931. The monoisotopic (exact) mass is 94.0 g/mol. The molecule has 0 aliphatic rings. The second-order valence-electron chi connectivity index (χ2n) is 1.31. The molecule has 0 aliphatic heterocycles. The molecule has 0 amide bonds. The zero-order valence-corrected chi connectivity index (χ0v) is 4.19. The molecule has 1 aromatic rings. The summed E-state index contributed by atoms with van der Waals surface area (Å²) in [6, 6.07) is 4.48. The topological polar surface area (TPSA) is 13.1 Å². The summed E-state index contributed by atoms with van der Waals surface area (Å²) >= 11 is 0. The van der Waals surface area contributed by atoms with Crippen LogP contribution < -0.4 is 0 Å². The van der Waals surface area contributed by atoms with E-state index in [-0.39, 0.29) is 0 Å². The molecule has 0 atom stereocenters. The zero-order valence-electron chi connectivity index (χ0n) is 4.19. The highest BCUT2D eigenvalue weighted by Crippen LogP contribution is 1.93. The highest BCUT2D eigenvalue weighted by molar-refractivity contribution is 4.90. The summed E-state index contributed by atoms with van der Waals surface area (Å²) in [7, 11) is 0. The largest absolute Gasteiger partial charge is 0.411 e. The normalized spacial score (nSPS) is 8.14. The highest BCUT2D eigenvalue weighted by atomic mass is 16.3. The summed E-state index contributed by atoms with van der Waals surface area (Å²) < 4.78 is 4.80. The van der Waals surface area contributed by atoms with Crippen LogP contribution in [0.25, 0.3) is 0 Å². The van der Waals surface area contributed by atoms with Gasteiger partial charge in [-0.05, 0) is 6.07 Å². The predicted molar refractivity (Wildman–Crippen MR) is 25.8 cm³/mol. The number of hydrogen-bond donors (Lipinski definition) is 0. The molecular weight excluding hydrogens is 88.1 g/mol. The zero-order chi connectivity index (χ0) is 5.11. The van der Waals surface area contributed by atoms with E-state index in [1.165, 1.54) is 0 Å². The standard InChI is InChI=1S/C6H6O/c1-2-6-4-3-5-7-6/h4H,2H2,1H3. The van der Waals surface area contributed by atoms with Crippen molar-refractivity contribution in [2.45, 2.75) is 13.3 Å². The van der Waals surface area contributed by atoms with Crippen molar-refractivity contribution in [2.24, 2.45) is 0 Å². The molecule has 1 heteroatoms. The first kappa shape index (κ1) is 4.26. The molecule has 1 aromatic heterocycles. The molecule has 1 rings (SSSR count). The lowest BCUT2D eigenvalue weighted by molar-refractivity contribution is 0.513. The lowest BCUT2D eigenvalue weighted by atomic mass is 10.4. The first-order valence-electron chi connectivity index (χ1n) is 2.30. The molecule has 0 saturated carbocycles. The third-order valence-corrected chi connectivity index (χ3v) is 0.823. The molecule has 1 heterocycles. The third kappa shape index (κ3) is 0.747. The van der Waals surface area contributed by atoms with E-state index < -0.39 is 0 Å². The van der Waals surface area contributed by atoms with Gasteiger partial charge >= 0.3 is 0 Å². The lowest BCUT2D eigenvalue weighted by Gasteiger charge is -1.77. The number of hydrogen-bond acceptors (Lipinski definition) is 1. The van der Waals surface area contributed by atoms with Gasteiger partial charge in [0.05, 0.1) is 0 Å². The van der Waals surface area contributed by atoms with Gasteiger partial charge in [-0.25, -0.2) is 0 Å². The van der Waals surface area contributed by atoms with Gasteiger partial charge in [0.2, 0.25) is 0 Å². The average Bonchev–Trinajstić information content (AvgIpc) is 2.14. The Balaban J connectivity index is 2.76. The maximum absolute atomic E-state index is 4.80. The van der Waals surface area contributed by atoms with Crippen molar-refractivity contribution in [3.05, 3.63) is 24.2 Å². The van der Waals surface area contributed by atoms with Gasteiger partial charge in [0.1, 0.15) is 12.0 Å². The van der Waals surface area contributed by atoms with Gasteiger partial charge in [-0.15, -0.1) is 0 Å². The van der Waals surface area contributed by atoms with Crippen LogP contribution in [-0.4, -0.2) is 0 Å². The Morgan fingerprint density at radius 1 is 1.86 bits per heavy atom. The lowest BCUT2D eigenvalue weighted by Crippen LogP contribution is -1.67. The smallest absolute Gasteiger partial charge is 0.125 e. The number of rotatable bonds is 1. The van der Waals surface area contributed by atoms with Crippen LogP contribution in [0.3, 0.4) is 0 Å². The van der Waals surface area contributed by atoms with Gasteiger partial charge in [-0.3, -0.25) is 0 Å². The molecule has 0 aromatic carbocycles. The molecule has 0 radical (unpaired) electrons. The van der Waals surface area contributed by atoms with E-state index in [9.17, 15) is 0 Å². The van der Waals surface area contributed by atoms with Crippen molar-refractivity contribution in [1.82, 2.24) is 0 Å². The summed E-state index contributed by atoms with van der Waals surface area (Å²) in [6.45, 7) is 2.03. The molecule has 0 fully saturated rings. The molecule has 0 bridgehead atoms. The van der Waals surface area contributed by atoms with E-state index in [0.29, 0.717) is 0 Å². The van der Waals surface area contributed by atoms with Crippen LogP contribution >= 0.6 is 0 Å². The molecule has 7 heavy (non-hydrogen) atoms. The van der Waals surface area contributed by atoms with Crippen molar-refractivity contribution in [1.29, 1.82) is 0 Å². The van der Waals surface area contributed by atoms with Crippen LogP contribution in [0.2, 0.25) is 0 Å². The van der Waals surface area contributed by atoms with Crippen molar-refractivity contribution >= 4 is 0 Å². The van der Waals surface area contributed by atoms with E-state index >= 15 is 0 Å². The Bertz CT molecular complexity index is 119. The Morgan fingerprint density at radius 2 is 2.71 bits per heavy atom. The molecular formula is C6H6O. The second-order valence-corrected chi connectivity index (χ2v) is 1.31. The van der Waals surface area contributed by atoms with Gasteiger partial charge in [0, 0.05) is 12.5 Å². The summed E-state index contributed by atoms with van der Waals surface area (Å²) in [5.41, 5.74) is 0. The highest BCUT2D eigenvalue weighted by Gasteiger charge is 1.83. The van der Waals surface area contributed by atoms with Crippen molar-refractivity contribution in [2.75, 3.05) is 0 Å². The quantitative estimate of drug-likeness (QED) is 0.513. The van der Waals surface area contributed by atoms with Crippen LogP contribution in [0, 0.1) is 12.3 Å². The van der Waals surface area contributed by atoms with Crippen LogP contribution in [0.4, 0.5) is 0 Å². The average molecular weight is 94.1 g/mol. The molecule has 36 valence electrons. The fraction of sp³-hybridized carbons (Fsp3) is 0.333. The van der Waals surface area contributed by atoms with E-state index in [1.54, 1.807) is 6.07 Å². The van der Waals surface area contributed by atoms with E-state index in [0.717, 1.165) is 12.2 Å². The maximum Gasteiger partial charge on any atom is 0.125 e. The van der Waals surface area contributed by atoms with Crippen LogP contribution in [-0.2, 0) is 6.42 Å². The molecule has 0 N–H and O–H groups in total. The summed E-state index contributed by atoms with van der Waals surface area (Å²) in [6.07, 6.45) is 3.41. The number of aryl methyl sites for hydroxylation is 1. The van der Waals surface area contributed by atoms with Crippen molar-refractivity contribution in [3.8, 4) is 0 Å². The SMILES string of the molecule is CCc1cc#co1. The minimum Gasteiger partial charge on any atom is -0.411 e. The summed E-state index contributed by atoms with van der Waals surface area (Å²) in [5.74, 6) is 0.944. The van der Waals surface area contributed by atoms with E-state index in [2.05, 4.69) is 12.3 Å². The van der Waals surface area contributed by atoms with Gasteiger partial charge < -0.3 is 4.42 Å². The van der Waals surface area contributed by atoms with Crippen LogP contribution in [0.1, 0.15) is 12.7 Å². The first-order chi connectivity index (χ1) is 3.43. The van der Waals surface area contributed by atoms with Crippen molar-refractivity contribution in [3.63, 3.8) is 0 Å². The van der Waals surface area contributed by atoms with Crippen LogP contribution in [0.5, 0.6) is 0 Å². The Kier molecular flexibility index (Phi) is 1.04. The summed E-state index contributed by atoms with van der Waals surface area (Å²) in [5, 5.41) is 0. The fourth-order valence-electron chi connectivity index (χ4n) is 0.409. The predicted octanol–water partition coefficient (Wildman–Crippen LogP) is 1.44. The van der Waals surface area contributed by atoms with Gasteiger partial charge in [-0.2, -0.15) is 0 Å². The van der Waals surface area contributed by atoms with Crippen LogP contribution in [0.15, 0.2) is 10.5 Å². The third-order valence-electron chi connectivity index (χ3n) is 0.823. The fourth-order valence-corrected chi connectivity index (χ4v) is 0.409. The van der Waals surface area contributed by atoms with Gasteiger partial charge in [0.25, 0.3) is 0 Å². The molecule has 0 saturated heterocycles. The summed E-state index contributed by atoms with van der Waals surface area (Å²) in [4.78, 5) is 0. The first-order valence-corrected chi connectivity index (χ1v) is 2.30. The molecule has 0 aliphatic carbocycles. The van der Waals surface area contributed by atoms with Gasteiger partial charge in [0.15, 0.2) is 0 Å². The van der Waals surface area contributed by atoms with E-state index in [1.807, 2.05) is 6.92 Å². The molecule has 0 spiro atoms. The second kappa shape index (κ2) is 1.70. The Hall–Kier alpha value is -0.900. The molecule has 1 nitrogen and oxygen atoms in total. The van der Waals surface area contributed by atoms with Crippen molar-refractivity contribution < 1.29 is 4.42 Å². The van der Waals surface area contributed by atoms with Gasteiger partial charge in [-0.1, -0.05) is 6.92 Å². The van der Waals surface area contributed by atoms with E-state index in [4.69, 9.17) is 4.42 Å². The minimum atomic E-state index is 0.931. The molecule has 0 unspecified atom stereocenters. The Morgan fingerprint density at radius 3 is 3.00 bits per heavy atom. The maximum atomic E-state index is 4.80.